The molecule has 0 fully saturated rings. The monoisotopic (exact) mass is 218 g/mol. The van der Waals surface area contributed by atoms with Crippen molar-refractivity contribution in [2.75, 3.05) is 19.0 Å². The zero-order valence-electron chi connectivity index (χ0n) is 9.85. The lowest BCUT2D eigenvalue weighted by Gasteiger charge is -2.13. The third kappa shape index (κ3) is 3.92. The molecule has 0 amide bonds. The van der Waals surface area contributed by atoms with Crippen LogP contribution in [0.25, 0.3) is 0 Å². The fraction of sp³-hybridized carbons (Fsp3) is 0.462. The van der Waals surface area contributed by atoms with Crippen LogP contribution in [0.2, 0.25) is 0 Å². The number of benzene rings is 1. The SMILES string of the molecule is CN(C)c1ccc(CCC(O)CC#N)cc1. The van der Waals surface area contributed by atoms with Crippen LogP contribution in [0.1, 0.15) is 18.4 Å². The lowest BCUT2D eigenvalue weighted by molar-refractivity contribution is 0.170. The molecule has 86 valence electrons. The molecular weight excluding hydrogens is 200 g/mol. The van der Waals surface area contributed by atoms with Gasteiger partial charge >= 0.3 is 0 Å². The summed E-state index contributed by atoms with van der Waals surface area (Å²) in [4.78, 5) is 2.05. The van der Waals surface area contributed by atoms with E-state index in [0.29, 0.717) is 6.42 Å². The van der Waals surface area contributed by atoms with Crippen LogP contribution < -0.4 is 4.90 Å². The molecule has 0 aliphatic heterocycles. The quantitative estimate of drug-likeness (QED) is 0.821. The highest BCUT2D eigenvalue weighted by Crippen LogP contribution is 2.14. The Labute approximate surface area is 96.9 Å². The van der Waals surface area contributed by atoms with E-state index in [9.17, 15) is 5.11 Å². The van der Waals surface area contributed by atoms with Gasteiger partial charge in [-0.25, -0.2) is 0 Å². The first-order valence-electron chi connectivity index (χ1n) is 5.44. The Morgan fingerprint density at radius 2 is 1.94 bits per heavy atom. The van der Waals surface area contributed by atoms with Crippen molar-refractivity contribution in [3.05, 3.63) is 29.8 Å². The van der Waals surface area contributed by atoms with Gasteiger partial charge in [-0.1, -0.05) is 12.1 Å². The van der Waals surface area contributed by atoms with Gasteiger partial charge in [0.05, 0.1) is 18.6 Å². The molecule has 1 N–H and O–H groups in total. The number of aliphatic hydroxyl groups excluding tert-OH is 1. The van der Waals surface area contributed by atoms with Gasteiger partial charge in [0.1, 0.15) is 0 Å². The maximum absolute atomic E-state index is 9.42. The average molecular weight is 218 g/mol. The largest absolute Gasteiger partial charge is 0.392 e. The van der Waals surface area contributed by atoms with Gasteiger partial charge in [-0.05, 0) is 30.5 Å². The average Bonchev–Trinajstić information content (AvgIpc) is 2.27. The Morgan fingerprint density at radius 3 is 2.44 bits per heavy atom. The minimum absolute atomic E-state index is 0.218. The van der Waals surface area contributed by atoms with Crippen LogP contribution in [0.3, 0.4) is 0 Å². The van der Waals surface area contributed by atoms with E-state index < -0.39 is 6.10 Å². The fourth-order valence-electron chi connectivity index (χ4n) is 1.50. The van der Waals surface area contributed by atoms with E-state index in [0.717, 1.165) is 6.42 Å². The van der Waals surface area contributed by atoms with Gasteiger partial charge < -0.3 is 10.0 Å². The maximum atomic E-state index is 9.42. The van der Waals surface area contributed by atoms with Crippen molar-refractivity contribution in [2.24, 2.45) is 0 Å². The first-order valence-corrected chi connectivity index (χ1v) is 5.44. The minimum atomic E-state index is -0.501. The van der Waals surface area contributed by atoms with E-state index in [4.69, 9.17) is 5.26 Å². The molecule has 3 nitrogen and oxygen atoms in total. The topological polar surface area (TPSA) is 47.3 Å². The molecule has 1 atom stereocenters. The Bertz CT molecular complexity index is 351. The number of hydrogen-bond donors (Lipinski definition) is 1. The second kappa shape index (κ2) is 6.14. The van der Waals surface area contributed by atoms with E-state index in [1.807, 2.05) is 25.1 Å². The molecule has 0 saturated heterocycles. The maximum Gasteiger partial charge on any atom is 0.0673 e. The molecule has 0 heterocycles. The number of anilines is 1. The fourth-order valence-corrected chi connectivity index (χ4v) is 1.50. The highest BCUT2D eigenvalue weighted by atomic mass is 16.3. The number of nitriles is 1. The molecule has 0 bridgehead atoms. The van der Waals surface area contributed by atoms with E-state index in [1.165, 1.54) is 11.3 Å². The molecule has 0 aromatic heterocycles. The third-order valence-electron chi connectivity index (χ3n) is 2.55. The number of hydrogen-bond acceptors (Lipinski definition) is 3. The van der Waals surface area contributed by atoms with Crippen molar-refractivity contribution in [1.29, 1.82) is 5.26 Å². The van der Waals surface area contributed by atoms with Gasteiger partial charge in [0.2, 0.25) is 0 Å². The second-order valence-electron chi connectivity index (χ2n) is 4.12. The summed E-state index contributed by atoms with van der Waals surface area (Å²) in [5.74, 6) is 0. The van der Waals surface area contributed by atoms with E-state index in [1.54, 1.807) is 0 Å². The van der Waals surface area contributed by atoms with Crippen molar-refractivity contribution < 1.29 is 5.11 Å². The summed E-state index contributed by atoms with van der Waals surface area (Å²) in [6.07, 6.45) is 1.18. The summed E-state index contributed by atoms with van der Waals surface area (Å²) in [7, 11) is 4.01. The summed E-state index contributed by atoms with van der Waals surface area (Å²) in [5, 5.41) is 17.8. The second-order valence-corrected chi connectivity index (χ2v) is 4.12. The molecular formula is C13H18N2O. The molecule has 1 unspecified atom stereocenters. The van der Waals surface area contributed by atoms with Crippen LogP contribution in [0.4, 0.5) is 5.69 Å². The van der Waals surface area contributed by atoms with Crippen molar-refractivity contribution >= 4 is 5.69 Å². The Morgan fingerprint density at radius 1 is 1.31 bits per heavy atom. The van der Waals surface area contributed by atoms with Crippen molar-refractivity contribution in [3.8, 4) is 6.07 Å². The molecule has 1 aromatic carbocycles. The minimum Gasteiger partial charge on any atom is -0.392 e. The molecule has 1 aromatic rings. The van der Waals surface area contributed by atoms with Gasteiger partial charge in [-0.2, -0.15) is 5.26 Å². The summed E-state index contributed by atoms with van der Waals surface area (Å²) in [6.45, 7) is 0. The smallest absolute Gasteiger partial charge is 0.0673 e. The highest BCUT2D eigenvalue weighted by molar-refractivity contribution is 5.45. The van der Waals surface area contributed by atoms with Crippen LogP contribution in [0.5, 0.6) is 0 Å². The predicted molar refractivity (Wildman–Crippen MR) is 65.3 cm³/mol. The standard InChI is InChI=1S/C13H18N2O/c1-15(2)12-6-3-11(4-7-12)5-8-13(16)9-10-14/h3-4,6-7,13,16H,5,8-9H2,1-2H3. The van der Waals surface area contributed by atoms with Crippen LogP contribution in [-0.2, 0) is 6.42 Å². The van der Waals surface area contributed by atoms with E-state index >= 15 is 0 Å². The number of rotatable bonds is 5. The van der Waals surface area contributed by atoms with Crippen molar-refractivity contribution in [2.45, 2.75) is 25.4 Å². The van der Waals surface area contributed by atoms with Gasteiger partial charge in [0.15, 0.2) is 0 Å². The Hall–Kier alpha value is -1.53. The third-order valence-corrected chi connectivity index (χ3v) is 2.55. The summed E-state index contributed by atoms with van der Waals surface area (Å²) >= 11 is 0. The van der Waals surface area contributed by atoms with E-state index in [-0.39, 0.29) is 6.42 Å². The molecule has 0 spiro atoms. The van der Waals surface area contributed by atoms with Gasteiger partial charge in [-0.3, -0.25) is 0 Å². The summed E-state index contributed by atoms with van der Waals surface area (Å²) in [6, 6.07) is 10.2. The van der Waals surface area contributed by atoms with Crippen LogP contribution >= 0.6 is 0 Å². The molecule has 3 heteroatoms. The molecule has 0 saturated carbocycles. The van der Waals surface area contributed by atoms with Crippen molar-refractivity contribution in [3.63, 3.8) is 0 Å². The lowest BCUT2D eigenvalue weighted by atomic mass is 10.1. The number of nitrogens with zero attached hydrogens (tertiary/aromatic N) is 2. The van der Waals surface area contributed by atoms with Crippen LogP contribution in [0.15, 0.2) is 24.3 Å². The zero-order valence-corrected chi connectivity index (χ0v) is 9.85. The predicted octanol–water partition coefficient (Wildman–Crippen LogP) is 1.96. The number of aliphatic hydroxyl groups is 1. The molecule has 1 rings (SSSR count). The molecule has 16 heavy (non-hydrogen) atoms. The normalized spacial score (nSPS) is 11.9. The van der Waals surface area contributed by atoms with Gasteiger partial charge in [0.25, 0.3) is 0 Å². The summed E-state index contributed by atoms with van der Waals surface area (Å²) in [5.41, 5.74) is 2.36. The van der Waals surface area contributed by atoms with Gasteiger partial charge in [-0.15, -0.1) is 0 Å². The first kappa shape index (κ1) is 12.5. The first-order chi connectivity index (χ1) is 7.63. The summed E-state index contributed by atoms with van der Waals surface area (Å²) < 4.78 is 0. The molecule has 0 radical (unpaired) electrons. The highest BCUT2D eigenvalue weighted by Gasteiger charge is 2.03. The molecule has 0 aliphatic carbocycles. The van der Waals surface area contributed by atoms with Crippen LogP contribution in [0, 0.1) is 11.3 Å². The number of aryl methyl sites for hydroxylation is 1. The van der Waals surface area contributed by atoms with Gasteiger partial charge in [0, 0.05) is 19.8 Å². The lowest BCUT2D eigenvalue weighted by Crippen LogP contribution is -2.09. The zero-order chi connectivity index (χ0) is 12.0. The Kier molecular flexibility index (Phi) is 4.81. The van der Waals surface area contributed by atoms with E-state index in [2.05, 4.69) is 24.3 Å². The molecule has 0 aliphatic rings. The Balaban J connectivity index is 2.47. The van der Waals surface area contributed by atoms with Crippen molar-refractivity contribution in [1.82, 2.24) is 0 Å². The van der Waals surface area contributed by atoms with Crippen LogP contribution in [-0.4, -0.2) is 25.3 Å².